The number of nitrogens with one attached hydrogen (secondary N) is 1. The van der Waals surface area contributed by atoms with Crippen molar-refractivity contribution in [2.75, 3.05) is 6.61 Å². The fourth-order valence-electron chi connectivity index (χ4n) is 2.21. The van der Waals surface area contributed by atoms with Crippen molar-refractivity contribution in [1.82, 2.24) is 5.32 Å². The molecule has 0 aromatic heterocycles. The predicted molar refractivity (Wildman–Crippen MR) is 62.6 cm³/mol. The molecule has 1 amide bonds. The lowest BCUT2D eigenvalue weighted by Gasteiger charge is -2.41. The van der Waals surface area contributed by atoms with Gasteiger partial charge in [-0.15, -0.1) is 0 Å². The first-order valence-corrected chi connectivity index (χ1v) is 6.03. The number of esters is 1. The van der Waals surface area contributed by atoms with Gasteiger partial charge in [-0.05, 0) is 6.92 Å². The molecule has 5 atom stereocenters. The molecule has 3 unspecified atom stereocenters. The van der Waals surface area contributed by atoms with Gasteiger partial charge in [0, 0.05) is 19.8 Å². The molecule has 1 rings (SSSR count). The quantitative estimate of drug-likeness (QED) is 0.764. The molecule has 1 fully saturated rings. The first-order valence-electron chi connectivity index (χ1n) is 6.03. The van der Waals surface area contributed by atoms with Gasteiger partial charge in [-0.1, -0.05) is 6.92 Å². The summed E-state index contributed by atoms with van der Waals surface area (Å²) in [7, 11) is 0. The Hall–Kier alpha value is -1.17. The summed E-state index contributed by atoms with van der Waals surface area (Å²) in [5.74, 6) is -1.07. The minimum atomic E-state index is -1.28. The van der Waals surface area contributed by atoms with Gasteiger partial charge in [0.1, 0.15) is 18.9 Å². The Morgan fingerprint density at radius 3 is 2.44 bits per heavy atom. The summed E-state index contributed by atoms with van der Waals surface area (Å²) >= 11 is 0. The van der Waals surface area contributed by atoms with Crippen LogP contribution in [0.5, 0.6) is 0 Å². The number of alkyl halides is 1. The lowest BCUT2D eigenvalue weighted by Crippen LogP contribution is -2.58. The molecule has 1 aliphatic heterocycles. The number of halogens is 1. The number of hydrogen-bond acceptors (Lipinski definition) is 4. The van der Waals surface area contributed by atoms with Crippen LogP contribution in [0, 0.1) is 5.92 Å². The average molecular weight is 261 g/mol. The van der Waals surface area contributed by atoms with E-state index < -0.39 is 24.2 Å². The zero-order valence-electron chi connectivity index (χ0n) is 11.1. The molecule has 1 aliphatic rings. The second kappa shape index (κ2) is 6.13. The topological polar surface area (TPSA) is 64.6 Å². The molecule has 18 heavy (non-hydrogen) atoms. The summed E-state index contributed by atoms with van der Waals surface area (Å²) in [6.07, 6.45) is -2.38. The van der Waals surface area contributed by atoms with E-state index in [9.17, 15) is 14.0 Å². The molecular formula is C12H20FNO4. The van der Waals surface area contributed by atoms with Gasteiger partial charge < -0.3 is 14.8 Å². The maximum Gasteiger partial charge on any atom is 0.302 e. The van der Waals surface area contributed by atoms with Gasteiger partial charge >= 0.3 is 5.97 Å². The van der Waals surface area contributed by atoms with Crippen LogP contribution in [0.4, 0.5) is 4.39 Å². The third kappa shape index (κ3) is 3.66. The summed E-state index contributed by atoms with van der Waals surface area (Å²) in [5, 5.41) is 2.69. The maximum atomic E-state index is 14.1. The van der Waals surface area contributed by atoms with Gasteiger partial charge in [-0.25, -0.2) is 4.39 Å². The molecule has 0 bridgehead atoms. The van der Waals surface area contributed by atoms with Gasteiger partial charge in [-0.2, -0.15) is 0 Å². The van der Waals surface area contributed by atoms with Crippen LogP contribution in [0.15, 0.2) is 0 Å². The van der Waals surface area contributed by atoms with E-state index in [1.54, 1.807) is 13.8 Å². The summed E-state index contributed by atoms with van der Waals surface area (Å²) in [6.45, 7) is 6.04. The fourth-order valence-corrected chi connectivity index (χ4v) is 2.21. The number of amides is 1. The molecule has 0 saturated carbocycles. The van der Waals surface area contributed by atoms with E-state index in [0.717, 1.165) is 0 Å². The smallest absolute Gasteiger partial charge is 0.302 e. The van der Waals surface area contributed by atoms with Crippen LogP contribution in [-0.4, -0.2) is 42.9 Å². The molecule has 1 N–H and O–H groups in total. The molecule has 0 aromatic rings. The van der Waals surface area contributed by atoms with E-state index in [4.69, 9.17) is 9.47 Å². The van der Waals surface area contributed by atoms with E-state index in [2.05, 4.69) is 5.32 Å². The van der Waals surface area contributed by atoms with Gasteiger partial charge in [0.15, 0.2) is 0 Å². The van der Waals surface area contributed by atoms with Gasteiger partial charge in [-0.3, -0.25) is 9.59 Å². The number of carbonyl (C=O) groups is 2. The SMILES string of the molecule is CC(=O)N[C@@H]1C(C)OC(COC(C)=O)[C@@H](F)C1C. The van der Waals surface area contributed by atoms with Crippen molar-refractivity contribution in [2.45, 2.75) is 52.1 Å². The number of hydrogen-bond donors (Lipinski definition) is 1. The van der Waals surface area contributed by atoms with E-state index >= 15 is 0 Å². The summed E-state index contributed by atoms with van der Waals surface area (Å²) in [4.78, 5) is 21.8. The second-order valence-corrected chi connectivity index (χ2v) is 4.71. The zero-order chi connectivity index (χ0) is 13.9. The Morgan fingerprint density at radius 2 is 1.94 bits per heavy atom. The number of rotatable bonds is 3. The van der Waals surface area contributed by atoms with E-state index in [-0.39, 0.29) is 24.7 Å². The van der Waals surface area contributed by atoms with E-state index in [1.165, 1.54) is 13.8 Å². The number of carbonyl (C=O) groups excluding carboxylic acids is 2. The van der Waals surface area contributed by atoms with Crippen molar-refractivity contribution in [3.05, 3.63) is 0 Å². The van der Waals surface area contributed by atoms with Crippen LogP contribution in [0.1, 0.15) is 27.7 Å². The lowest BCUT2D eigenvalue weighted by molar-refractivity contribution is -0.166. The van der Waals surface area contributed by atoms with Crippen molar-refractivity contribution in [2.24, 2.45) is 5.92 Å². The third-order valence-corrected chi connectivity index (χ3v) is 3.14. The Labute approximate surface area is 106 Å². The fraction of sp³-hybridized carbons (Fsp3) is 0.833. The largest absolute Gasteiger partial charge is 0.463 e. The molecule has 0 radical (unpaired) electrons. The van der Waals surface area contributed by atoms with Crippen LogP contribution in [0.2, 0.25) is 0 Å². The lowest BCUT2D eigenvalue weighted by atomic mass is 9.87. The highest BCUT2D eigenvalue weighted by molar-refractivity contribution is 5.73. The Kier molecular flexibility index (Phi) is 5.07. The van der Waals surface area contributed by atoms with Gasteiger partial charge in [0.2, 0.25) is 5.91 Å². The molecule has 5 nitrogen and oxygen atoms in total. The van der Waals surface area contributed by atoms with Crippen molar-refractivity contribution < 1.29 is 23.5 Å². The molecule has 0 aromatic carbocycles. The van der Waals surface area contributed by atoms with Gasteiger partial charge in [0.25, 0.3) is 0 Å². The van der Waals surface area contributed by atoms with Crippen molar-refractivity contribution in [3.8, 4) is 0 Å². The summed E-state index contributed by atoms with van der Waals surface area (Å²) < 4.78 is 24.3. The molecule has 0 spiro atoms. The molecule has 104 valence electrons. The first kappa shape index (κ1) is 14.9. The molecule has 0 aliphatic carbocycles. The van der Waals surface area contributed by atoms with E-state index in [1.807, 2.05) is 0 Å². The van der Waals surface area contributed by atoms with Crippen molar-refractivity contribution in [1.29, 1.82) is 0 Å². The minimum absolute atomic E-state index is 0.0992. The average Bonchev–Trinajstić information content (AvgIpc) is 2.27. The maximum absolute atomic E-state index is 14.1. The van der Waals surface area contributed by atoms with Crippen LogP contribution in [0.3, 0.4) is 0 Å². The predicted octanol–water partition coefficient (Wildman–Crippen LogP) is 0.816. The zero-order valence-corrected chi connectivity index (χ0v) is 11.1. The highest BCUT2D eigenvalue weighted by atomic mass is 19.1. The first-order chi connectivity index (χ1) is 8.32. The van der Waals surface area contributed by atoms with Crippen LogP contribution in [0.25, 0.3) is 0 Å². The van der Waals surface area contributed by atoms with Crippen molar-refractivity contribution in [3.63, 3.8) is 0 Å². The Bertz CT molecular complexity index is 321. The standard InChI is InChI=1S/C12H20FNO4/c1-6-11(13)10(5-17-9(4)16)18-7(2)12(6)14-8(3)15/h6-7,10-12H,5H2,1-4H3,(H,14,15)/t6?,7?,10?,11-,12-/m0/s1. The monoisotopic (exact) mass is 261 g/mol. The molecule has 6 heteroatoms. The highest BCUT2D eigenvalue weighted by Gasteiger charge is 2.42. The minimum Gasteiger partial charge on any atom is -0.463 e. The third-order valence-electron chi connectivity index (χ3n) is 3.14. The normalized spacial score (nSPS) is 35.9. The van der Waals surface area contributed by atoms with Crippen LogP contribution < -0.4 is 5.32 Å². The summed E-state index contributed by atoms with van der Waals surface area (Å²) in [6, 6.07) is -0.369. The molecule has 1 saturated heterocycles. The Morgan fingerprint density at radius 1 is 1.33 bits per heavy atom. The highest BCUT2D eigenvalue weighted by Crippen LogP contribution is 2.28. The Balaban J connectivity index is 2.64. The molecule has 1 heterocycles. The van der Waals surface area contributed by atoms with E-state index in [0.29, 0.717) is 0 Å². The number of ether oxygens (including phenoxy) is 2. The second-order valence-electron chi connectivity index (χ2n) is 4.71. The van der Waals surface area contributed by atoms with Crippen LogP contribution >= 0.6 is 0 Å². The molecular weight excluding hydrogens is 241 g/mol. The van der Waals surface area contributed by atoms with Crippen LogP contribution in [-0.2, 0) is 19.1 Å². The van der Waals surface area contributed by atoms with Crippen molar-refractivity contribution >= 4 is 11.9 Å². The summed E-state index contributed by atoms with van der Waals surface area (Å²) in [5.41, 5.74) is 0. The van der Waals surface area contributed by atoms with Gasteiger partial charge in [0.05, 0.1) is 12.1 Å².